The SMILES string of the molecule is CC(=O)c1ccc(C)c(NC=O)c1.CCCC(CCC)c1ccc(C#N)cc1.CNCCNC(N)=O. The van der Waals surface area contributed by atoms with Gasteiger partial charge in [0.25, 0.3) is 0 Å². The number of ketones is 1. The zero-order valence-corrected chi connectivity index (χ0v) is 22.2. The van der Waals surface area contributed by atoms with Crippen molar-refractivity contribution in [3.63, 3.8) is 0 Å². The minimum Gasteiger partial charge on any atom is -0.352 e. The number of hydrogen-bond acceptors (Lipinski definition) is 5. The van der Waals surface area contributed by atoms with Gasteiger partial charge in [0.15, 0.2) is 5.78 Å². The molecule has 2 aromatic carbocycles. The third-order valence-electron chi connectivity index (χ3n) is 5.32. The molecule has 0 atom stereocenters. The molecule has 0 aliphatic carbocycles. The van der Waals surface area contributed by atoms with E-state index < -0.39 is 6.03 Å². The molecule has 2 aromatic rings. The van der Waals surface area contributed by atoms with Crippen molar-refractivity contribution >= 4 is 23.9 Å². The molecule has 2 rings (SSSR count). The van der Waals surface area contributed by atoms with Gasteiger partial charge in [-0.3, -0.25) is 9.59 Å². The highest BCUT2D eigenvalue weighted by Crippen LogP contribution is 2.26. The number of carbonyl (C=O) groups is 3. The summed E-state index contributed by atoms with van der Waals surface area (Å²) in [5.74, 6) is 0.668. The van der Waals surface area contributed by atoms with Crippen LogP contribution in [0, 0.1) is 18.3 Å². The number of amides is 3. The molecule has 0 bridgehead atoms. The molecule has 5 N–H and O–H groups in total. The second-order valence-corrected chi connectivity index (χ2v) is 8.25. The average molecular weight is 496 g/mol. The van der Waals surface area contributed by atoms with Gasteiger partial charge in [0.1, 0.15) is 0 Å². The smallest absolute Gasteiger partial charge is 0.312 e. The van der Waals surface area contributed by atoms with Crippen molar-refractivity contribution in [1.29, 1.82) is 5.26 Å². The molecular weight excluding hydrogens is 454 g/mol. The van der Waals surface area contributed by atoms with Gasteiger partial charge in [-0.25, -0.2) is 4.79 Å². The van der Waals surface area contributed by atoms with Crippen LogP contribution in [0.2, 0.25) is 0 Å². The zero-order chi connectivity index (χ0) is 27.3. The van der Waals surface area contributed by atoms with E-state index in [0.29, 0.717) is 30.1 Å². The number of rotatable bonds is 11. The molecule has 196 valence electrons. The third kappa shape index (κ3) is 13.9. The molecule has 0 aliphatic rings. The second-order valence-electron chi connectivity index (χ2n) is 8.25. The molecule has 0 aliphatic heterocycles. The number of nitrogens with one attached hydrogen (secondary N) is 3. The standard InChI is InChI=1S/C14H19N.C10H11NO2.C4H11N3O/c1-3-5-13(6-4-2)14-9-7-12(11-15)8-10-14;1-7-3-4-9(8(2)13)5-10(7)11-6-12;1-6-2-3-7-4(5)8/h7-10,13H,3-6H2,1-2H3;3-6H,1-2H3,(H,11,12);6H,2-3H2,1H3,(H3,5,7,8). The van der Waals surface area contributed by atoms with Crippen LogP contribution in [0.1, 0.15) is 79.4 Å². The van der Waals surface area contributed by atoms with E-state index >= 15 is 0 Å². The van der Waals surface area contributed by atoms with Gasteiger partial charge >= 0.3 is 6.03 Å². The van der Waals surface area contributed by atoms with Crippen molar-refractivity contribution in [1.82, 2.24) is 10.6 Å². The number of likely N-dealkylation sites (N-methyl/N-ethyl adjacent to an activating group) is 1. The first-order valence-corrected chi connectivity index (χ1v) is 12.2. The fraction of sp³-hybridized carbons (Fsp3) is 0.429. The van der Waals surface area contributed by atoms with Crippen molar-refractivity contribution in [3.05, 3.63) is 64.7 Å². The van der Waals surface area contributed by atoms with Crippen molar-refractivity contribution in [2.45, 2.75) is 59.3 Å². The fourth-order valence-corrected chi connectivity index (χ4v) is 3.38. The number of carbonyl (C=O) groups excluding carboxylic acids is 3. The predicted molar refractivity (Wildman–Crippen MR) is 146 cm³/mol. The Bertz CT molecular complexity index is 962. The number of Topliss-reactive ketones (excluding diaryl/α,β-unsaturated/α-hetero) is 1. The van der Waals surface area contributed by atoms with Gasteiger partial charge in [-0.2, -0.15) is 5.26 Å². The van der Waals surface area contributed by atoms with E-state index in [4.69, 9.17) is 11.0 Å². The molecule has 8 nitrogen and oxygen atoms in total. The zero-order valence-electron chi connectivity index (χ0n) is 22.2. The fourth-order valence-electron chi connectivity index (χ4n) is 3.38. The van der Waals surface area contributed by atoms with Crippen LogP contribution in [0.3, 0.4) is 0 Å². The highest BCUT2D eigenvalue weighted by Gasteiger charge is 2.09. The van der Waals surface area contributed by atoms with Gasteiger partial charge in [-0.05, 0) is 69.0 Å². The lowest BCUT2D eigenvalue weighted by molar-refractivity contribution is -0.105. The molecule has 0 aromatic heterocycles. The van der Waals surface area contributed by atoms with Crippen molar-refractivity contribution in [2.75, 3.05) is 25.5 Å². The number of primary amides is 1. The lowest BCUT2D eigenvalue weighted by Gasteiger charge is -2.15. The molecule has 0 fully saturated rings. The Kier molecular flexibility index (Phi) is 17.6. The van der Waals surface area contributed by atoms with Gasteiger partial charge in [0.05, 0.1) is 11.6 Å². The van der Waals surface area contributed by atoms with Crippen LogP contribution in [0.25, 0.3) is 0 Å². The minimum atomic E-state index is -0.472. The van der Waals surface area contributed by atoms with Crippen LogP contribution in [-0.2, 0) is 4.79 Å². The monoisotopic (exact) mass is 495 g/mol. The Hall–Kier alpha value is -3.70. The van der Waals surface area contributed by atoms with E-state index in [0.717, 1.165) is 17.7 Å². The molecule has 8 heteroatoms. The molecule has 0 heterocycles. The Labute approximate surface area is 215 Å². The van der Waals surface area contributed by atoms with Crippen LogP contribution >= 0.6 is 0 Å². The summed E-state index contributed by atoms with van der Waals surface area (Å²) in [6.45, 7) is 9.17. The van der Waals surface area contributed by atoms with E-state index in [1.54, 1.807) is 12.1 Å². The number of nitriles is 1. The lowest BCUT2D eigenvalue weighted by Crippen LogP contribution is -2.34. The Morgan fingerprint density at radius 2 is 1.67 bits per heavy atom. The Balaban J connectivity index is 0.000000535. The van der Waals surface area contributed by atoms with Gasteiger partial charge in [-0.15, -0.1) is 0 Å². The van der Waals surface area contributed by atoms with Gasteiger partial charge in [0, 0.05) is 24.3 Å². The van der Waals surface area contributed by atoms with Crippen molar-refractivity contribution < 1.29 is 14.4 Å². The molecule has 0 unspecified atom stereocenters. The highest BCUT2D eigenvalue weighted by molar-refractivity contribution is 5.95. The summed E-state index contributed by atoms with van der Waals surface area (Å²) < 4.78 is 0. The lowest BCUT2D eigenvalue weighted by atomic mass is 9.90. The Morgan fingerprint density at radius 1 is 1.06 bits per heavy atom. The van der Waals surface area contributed by atoms with Crippen molar-refractivity contribution in [2.24, 2.45) is 5.73 Å². The van der Waals surface area contributed by atoms with E-state index in [9.17, 15) is 14.4 Å². The van der Waals surface area contributed by atoms with E-state index in [1.807, 2.05) is 32.2 Å². The normalized spacial score (nSPS) is 9.58. The predicted octanol–water partition coefficient (Wildman–Crippen LogP) is 4.88. The number of nitrogens with zero attached hydrogens (tertiary/aromatic N) is 1. The number of hydrogen-bond donors (Lipinski definition) is 4. The Morgan fingerprint density at radius 3 is 2.11 bits per heavy atom. The van der Waals surface area contributed by atoms with Gasteiger partial charge < -0.3 is 21.7 Å². The van der Waals surface area contributed by atoms with Crippen molar-refractivity contribution in [3.8, 4) is 6.07 Å². The number of benzene rings is 2. The summed E-state index contributed by atoms with van der Waals surface area (Å²) >= 11 is 0. The molecule has 36 heavy (non-hydrogen) atoms. The second kappa shape index (κ2) is 19.6. The third-order valence-corrected chi connectivity index (χ3v) is 5.32. The number of aryl methyl sites for hydroxylation is 1. The molecule has 0 saturated carbocycles. The van der Waals surface area contributed by atoms with Crippen LogP contribution in [0.5, 0.6) is 0 Å². The first kappa shape index (κ1) is 32.3. The topological polar surface area (TPSA) is 137 Å². The van der Waals surface area contributed by atoms with E-state index in [-0.39, 0.29) is 5.78 Å². The maximum Gasteiger partial charge on any atom is 0.312 e. The molecule has 0 radical (unpaired) electrons. The van der Waals surface area contributed by atoms with Crippen LogP contribution in [0.15, 0.2) is 42.5 Å². The average Bonchev–Trinajstić information content (AvgIpc) is 2.86. The number of nitrogens with two attached hydrogens (primary N) is 1. The van der Waals surface area contributed by atoms with Crippen LogP contribution < -0.4 is 21.7 Å². The summed E-state index contributed by atoms with van der Waals surface area (Å²) in [5.41, 5.74) is 9.13. The first-order chi connectivity index (χ1) is 17.2. The van der Waals surface area contributed by atoms with Gasteiger partial charge in [-0.1, -0.05) is 51.0 Å². The summed E-state index contributed by atoms with van der Waals surface area (Å²) in [4.78, 5) is 31.2. The molecular formula is C28H41N5O3. The molecule has 3 amide bonds. The van der Waals surface area contributed by atoms with Crippen LogP contribution in [0.4, 0.5) is 10.5 Å². The van der Waals surface area contributed by atoms with Gasteiger partial charge in [0.2, 0.25) is 6.41 Å². The molecule has 0 saturated heterocycles. The summed E-state index contributed by atoms with van der Waals surface area (Å²) in [6, 6.07) is 15.0. The highest BCUT2D eigenvalue weighted by atomic mass is 16.2. The number of anilines is 1. The van der Waals surface area contributed by atoms with E-state index in [1.165, 1.54) is 38.2 Å². The quantitative estimate of drug-likeness (QED) is 0.200. The summed E-state index contributed by atoms with van der Waals surface area (Å²) in [7, 11) is 1.81. The minimum absolute atomic E-state index is 0.00560. The largest absolute Gasteiger partial charge is 0.352 e. The maximum absolute atomic E-state index is 11.0. The van der Waals surface area contributed by atoms with E-state index in [2.05, 4.69) is 48.0 Å². The first-order valence-electron chi connectivity index (χ1n) is 12.2. The number of urea groups is 1. The van der Waals surface area contributed by atoms with Crippen LogP contribution in [-0.4, -0.2) is 38.4 Å². The summed E-state index contributed by atoms with van der Waals surface area (Å²) in [5, 5.41) is 16.5. The summed E-state index contributed by atoms with van der Waals surface area (Å²) in [6.07, 6.45) is 5.56. The maximum atomic E-state index is 11.0. The molecule has 0 spiro atoms.